The molecule has 0 radical (unpaired) electrons. The van der Waals surface area contributed by atoms with Gasteiger partial charge >= 0.3 is 0 Å². The molecular weight excluding hydrogens is 500 g/mol. The topological polar surface area (TPSA) is 86.8 Å². The maximum absolute atomic E-state index is 13.5. The standard InChI is InChI=1S/C26H27F2N5O3S/c1-32-9-10-33(24(34)15-32)17-6-8-19(26(35)31-30-13-18(37)7-5-16-3-4-16)20(11-17)21-12-22(25(27)28)29-14-23(21)36-2/h6,8,11-14,16,25,30,37H,3-4,9-10,15H2,1-2H3,(H,31,35)/b18-13-. The van der Waals surface area contributed by atoms with E-state index in [4.69, 9.17) is 4.74 Å². The summed E-state index contributed by atoms with van der Waals surface area (Å²) in [5.74, 6) is 5.95. The van der Waals surface area contributed by atoms with Crippen molar-refractivity contribution in [3.05, 3.63) is 52.8 Å². The maximum Gasteiger partial charge on any atom is 0.280 e. The first-order valence-electron chi connectivity index (χ1n) is 11.7. The normalized spacial score (nSPS) is 16.3. The number of methoxy groups -OCH3 is 1. The second kappa shape index (κ2) is 11.6. The molecule has 11 heteroatoms. The van der Waals surface area contributed by atoms with E-state index in [0.717, 1.165) is 12.8 Å². The first-order valence-corrected chi connectivity index (χ1v) is 12.1. The van der Waals surface area contributed by atoms with Crippen LogP contribution in [-0.4, -0.2) is 55.5 Å². The highest BCUT2D eigenvalue weighted by molar-refractivity contribution is 7.84. The van der Waals surface area contributed by atoms with E-state index >= 15 is 0 Å². The van der Waals surface area contributed by atoms with E-state index in [9.17, 15) is 18.4 Å². The number of allylic oxidation sites excluding steroid dienone is 1. The van der Waals surface area contributed by atoms with Crippen molar-refractivity contribution in [1.29, 1.82) is 0 Å². The van der Waals surface area contributed by atoms with Crippen LogP contribution in [0.1, 0.15) is 35.3 Å². The molecule has 4 rings (SSSR count). The molecule has 1 aromatic heterocycles. The van der Waals surface area contributed by atoms with Gasteiger partial charge in [-0.1, -0.05) is 11.8 Å². The van der Waals surface area contributed by atoms with Crippen molar-refractivity contribution in [2.24, 2.45) is 5.92 Å². The Kier molecular flexibility index (Phi) is 8.31. The minimum Gasteiger partial charge on any atom is -0.494 e. The van der Waals surface area contributed by atoms with Crippen molar-refractivity contribution < 1.29 is 23.1 Å². The number of alkyl halides is 2. The Bertz CT molecular complexity index is 1290. The Hall–Kier alpha value is -3.62. The number of rotatable bonds is 7. The van der Waals surface area contributed by atoms with Gasteiger partial charge in [0.1, 0.15) is 11.4 Å². The number of aromatic nitrogens is 1. The average Bonchev–Trinajstić information content (AvgIpc) is 3.71. The number of hydrogen-bond acceptors (Lipinski definition) is 7. The van der Waals surface area contributed by atoms with Gasteiger partial charge in [-0.3, -0.25) is 24.9 Å². The number of anilines is 1. The lowest BCUT2D eigenvalue weighted by atomic mass is 9.97. The lowest BCUT2D eigenvalue weighted by Crippen LogP contribution is -2.48. The molecule has 1 aromatic carbocycles. The molecule has 2 heterocycles. The second-order valence-electron chi connectivity index (χ2n) is 8.79. The number of ether oxygens (including phenoxy) is 1. The van der Waals surface area contributed by atoms with Gasteiger partial charge in [0.05, 0.1) is 24.8 Å². The third-order valence-electron chi connectivity index (χ3n) is 5.97. The number of hydrogen-bond donors (Lipinski definition) is 3. The highest BCUT2D eigenvalue weighted by Gasteiger charge is 2.26. The van der Waals surface area contributed by atoms with Crippen LogP contribution in [0.4, 0.5) is 14.5 Å². The molecule has 1 saturated carbocycles. The highest BCUT2D eigenvalue weighted by atomic mass is 32.1. The van der Waals surface area contributed by atoms with E-state index in [1.165, 1.54) is 25.6 Å². The van der Waals surface area contributed by atoms with Crippen LogP contribution >= 0.6 is 12.6 Å². The van der Waals surface area contributed by atoms with E-state index in [1.807, 2.05) is 11.9 Å². The summed E-state index contributed by atoms with van der Waals surface area (Å²) in [6, 6.07) is 6.03. The van der Waals surface area contributed by atoms with Gasteiger partial charge in [-0.05, 0) is 44.2 Å². The fourth-order valence-electron chi connectivity index (χ4n) is 3.81. The van der Waals surface area contributed by atoms with Crippen LogP contribution in [0, 0.1) is 17.8 Å². The highest BCUT2D eigenvalue weighted by Crippen LogP contribution is 2.37. The van der Waals surface area contributed by atoms with Crippen LogP contribution in [0.3, 0.4) is 0 Å². The van der Waals surface area contributed by atoms with Crippen molar-refractivity contribution in [2.75, 3.05) is 38.7 Å². The van der Waals surface area contributed by atoms with Gasteiger partial charge in [-0.15, -0.1) is 12.6 Å². The number of likely N-dealkylation sites (N-methyl/N-ethyl adjacent to an activating group) is 1. The predicted molar refractivity (Wildman–Crippen MR) is 139 cm³/mol. The number of hydrazine groups is 1. The van der Waals surface area contributed by atoms with E-state index < -0.39 is 18.0 Å². The smallest absolute Gasteiger partial charge is 0.280 e. The van der Waals surface area contributed by atoms with Crippen LogP contribution < -0.4 is 20.5 Å². The number of pyridine rings is 1. The Morgan fingerprint density at radius 1 is 1.27 bits per heavy atom. The summed E-state index contributed by atoms with van der Waals surface area (Å²) in [5, 5.41) is 0. The number of carbonyl (C=O) groups is 2. The molecule has 0 unspecified atom stereocenters. The molecule has 2 amide bonds. The largest absolute Gasteiger partial charge is 0.494 e. The van der Waals surface area contributed by atoms with Crippen LogP contribution in [0.15, 0.2) is 41.6 Å². The summed E-state index contributed by atoms with van der Waals surface area (Å²) in [5.41, 5.74) is 6.07. The monoisotopic (exact) mass is 527 g/mol. The van der Waals surface area contributed by atoms with Gasteiger partial charge in [-0.2, -0.15) is 0 Å². The Morgan fingerprint density at radius 3 is 2.73 bits per heavy atom. The number of halogens is 2. The fourth-order valence-corrected chi connectivity index (χ4v) is 3.94. The number of thiol groups is 1. The third kappa shape index (κ3) is 6.58. The van der Waals surface area contributed by atoms with Gasteiger partial charge in [0.15, 0.2) is 0 Å². The van der Waals surface area contributed by atoms with Crippen molar-refractivity contribution in [2.45, 2.75) is 19.3 Å². The van der Waals surface area contributed by atoms with Crippen molar-refractivity contribution >= 4 is 30.1 Å². The fraction of sp³-hybridized carbons (Fsp3) is 0.346. The minimum absolute atomic E-state index is 0.104. The second-order valence-corrected chi connectivity index (χ2v) is 9.28. The number of benzene rings is 1. The summed E-state index contributed by atoms with van der Waals surface area (Å²) in [4.78, 5) is 33.6. The number of nitrogens with one attached hydrogen (secondary N) is 2. The molecular formula is C26H27F2N5O3S. The van der Waals surface area contributed by atoms with Crippen LogP contribution in [0.2, 0.25) is 0 Å². The molecule has 2 aromatic rings. The molecule has 0 spiro atoms. The molecule has 0 atom stereocenters. The molecule has 1 saturated heterocycles. The Labute approximate surface area is 219 Å². The Morgan fingerprint density at radius 2 is 2.05 bits per heavy atom. The first-order chi connectivity index (χ1) is 17.8. The third-order valence-corrected chi connectivity index (χ3v) is 6.21. The van der Waals surface area contributed by atoms with Gasteiger partial charge in [0.25, 0.3) is 12.3 Å². The predicted octanol–water partition coefficient (Wildman–Crippen LogP) is 3.39. The molecule has 8 nitrogen and oxygen atoms in total. The molecule has 37 heavy (non-hydrogen) atoms. The zero-order chi connectivity index (χ0) is 26.5. The van der Waals surface area contributed by atoms with Gasteiger partial charge < -0.3 is 15.1 Å². The van der Waals surface area contributed by atoms with E-state index in [2.05, 4.69) is 40.3 Å². The quantitative estimate of drug-likeness (QED) is 0.291. The maximum atomic E-state index is 13.5. The average molecular weight is 528 g/mol. The molecule has 2 aliphatic rings. The minimum atomic E-state index is -2.82. The van der Waals surface area contributed by atoms with Crippen molar-refractivity contribution in [3.63, 3.8) is 0 Å². The van der Waals surface area contributed by atoms with Crippen LogP contribution in [-0.2, 0) is 4.79 Å². The molecule has 194 valence electrons. The molecule has 1 aliphatic carbocycles. The summed E-state index contributed by atoms with van der Waals surface area (Å²) in [7, 11) is 3.25. The first kappa shape index (κ1) is 26.4. The molecule has 1 aliphatic heterocycles. The Balaban J connectivity index is 1.69. The van der Waals surface area contributed by atoms with Gasteiger partial charge in [0, 0.05) is 47.6 Å². The molecule has 2 N–H and O–H groups in total. The van der Waals surface area contributed by atoms with Crippen LogP contribution in [0.25, 0.3) is 11.1 Å². The number of piperazine rings is 1. The summed E-state index contributed by atoms with van der Waals surface area (Å²) >= 11 is 4.28. The van der Waals surface area contributed by atoms with E-state index in [0.29, 0.717) is 35.2 Å². The van der Waals surface area contributed by atoms with Gasteiger partial charge in [0.2, 0.25) is 5.91 Å². The number of nitrogens with zero attached hydrogens (tertiary/aromatic N) is 3. The van der Waals surface area contributed by atoms with Crippen molar-refractivity contribution in [1.82, 2.24) is 20.7 Å². The van der Waals surface area contributed by atoms with Gasteiger partial charge in [-0.25, -0.2) is 8.78 Å². The van der Waals surface area contributed by atoms with Crippen molar-refractivity contribution in [3.8, 4) is 28.7 Å². The molecule has 0 bridgehead atoms. The number of carbonyl (C=O) groups excluding carboxylic acids is 2. The summed E-state index contributed by atoms with van der Waals surface area (Å²) < 4.78 is 32.4. The van der Waals surface area contributed by atoms with E-state index in [-0.39, 0.29) is 29.3 Å². The summed E-state index contributed by atoms with van der Waals surface area (Å²) in [6.45, 7) is 1.37. The zero-order valence-corrected chi connectivity index (χ0v) is 21.3. The van der Waals surface area contributed by atoms with Crippen LogP contribution in [0.5, 0.6) is 5.75 Å². The lowest BCUT2D eigenvalue weighted by molar-refractivity contribution is -0.120. The SMILES string of the molecule is COc1cnc(C(F)F)cc1-c1cc(N2CCN(C)CC2=O)ccc1C(=O)NN/C=C(\S)C#CC1CC1. The van der Waals surface area contributed by atoms with E-state index in [1.54, 1.807) is 23.1 Å². The lowest BCUT2D eigenvalue weighted by Gasteiger charge is -2.32. The number of amides is 2. The molecule has 2 fully saturated rings. The zero-order valence-electron chi connectivity index (χ0n) is 20.4. The summed E-state index contributed by atoms with van der Waals surface area (Å²) in [6.07, 6.45) is 2.00.